The highest BCUT2D eigenvalue weighted by Gasteiger charge is 2.09. The molecular weight excluding hydrogens is 238 g/mol. The normalized spacial score (nSPS) is 10.4. The van der Waals surface area contributed by atoms with Gasteiger partial charge in [0.05, 0.1) is 4.92 Å². The van der Waals surface area contributed by atoms with Gasteiger partial charge in [0.25, 0.3) is 0 Å². The molecule has 0 aromatic carbocycles. The van der Waals surface area contributed by atoms with Crippen LogP contribution in [0, 0.1) is 10.1 Å². The second-order valence-electron chi connectivity index (χ2n) is 3.67. The van der Waals surface area contributed by atoms with Gasteiger partial charge in [-0.15, -0.1) is 0 Å². The van der Waals surface area contributed by atoms with Crippen molar-refractivity contribution in [2.24, 2.45) is 0 Å². The minimum absolute atomic E-state index is 0.0478. The topological polar surface area (TPSA) is 95.9 Å². The zero-order valence-corrected chi connectivity index (χ0v) is 9.47. The van der Waals surface area contributed by atoms with Gasteiger partial charge in [-0.2, -0.15) is 10.2 Å². The smallest absolute Gasteiger partial charge is 0.273 e. The summed E-state index contributed by atoms with van der Waals surface area (Å²) in [6.07, 6.45) is 6.52. The van der Waals surface area contributed by atoms with Gasteiger partial charge in [0.1, 0.15) is 12.4 Å². The molecule has 0 spiro atoms. The van der Waals surface area contributed by atoms with Crippen LogP contribution in [0.2, 0.25) is 0 Å². The molecule has 2 aromatic heterocycles. The van der Waals surface area contributed by atoms with Gasteiger partial charge in [-0.05, 0) is 12.5 Å². The molecule has 8 heteroatoms. The Kier molecular flexibility index (Phi) is 3.46. The Labute approximate surface area is 102 Å². The average molecular weight is 249 g/mol. The van der Waals surface area contributed by atoms with Gasteiger partial charge in [-0.3, -0.25) is 19.6 Å². The molecule has 0 aliphatic carbocycles. The number of hydrogen-bond acceptors (Lipinski definition) is 5. The molecule has 94 valence electrons. The molecule has 0 N–H and O–H groups in total. The van der Waals surface area contributed by atoms with Gasteiger partial charge in [0.15, 0.2) is 0 Å². The summed E-state index contributed by atoms with van der Waals surface area (Å²) >= 11 is 0. The predicted molar refractivity (Wildman–Crippen MR) is 61.0 cm³/mol. The largest absolute Gasteiger partial charge is 0.306 e. The number of rotatable bonds is 5. The number of hydrogen-bond donors (Lipinski definition) is 0. The molecular formula is C10H11N5O3. The molecule has 8 nitrogen and oxygen atoms in total. The van der Waals surface area contributed by atoms with Gasteiger partial charge >= 0.3 is 5.69 Å². The van der Waals surface area contributed by atoms with E-state index < -0.39 is 4.92 Å². The Morgan fingerprint density at radius 2 is 2.28 bits per heavy atom. The number of nitro groups is 1. The lowest BCUT2D eigenvalue weighted by atomic mass is 10.3. The minimum Gasteiger partial charge on any atom is -0.273 e. The Morgan fingerprint density at radius 1 is 1.44 bits per heavy atom. The number of nitrogens with zero attached hydrogens (tertiary/aromatic N) is 5. The van der Waals surface area contributed by atoms with Crippen molar-refractivity contribution in [3.8, 4) is 0 Å². The van der Waals surface area contributed by atoms with Crippen LogP contribution in [-0.4, -0.2) is 30.4 Å². The van der Waals surface area contributed by atoms with Gasteiger partial charge in [0.2, 0.25) is 5.91 Å². The van der Waals surface area contributed by atoms with Gasteiger partial charge < -0.3 is 0 Å². The van der Waals surface area contributed by atoms with Gasteiger partial charge in [-0.1, -0.05) is 0 Å². The standard InChI is InChI=1S/C10H11N5O3/c16-10(14-6-2-4-11-14)3-1-5-13-8-9(7-12-13)15(17)18/h2,4,6-8H,1,3,5H2. The maximum Gasteiger partial charge on any atom is 0.306 e. The fourth-order valence-corrected chi connectivity index (χ4v) is 1.49. The molecule has 0 bridgehead atoms. The monoisotopic (exact) mass is 249 g/mol. The Bertz CT molecular complexity index is 546. The zero-order valence-electron chi connectivity index (χ0n) is 9.47. The highest BCUT2D eigenvalue weighted by molar-refractivity contribution is 5.77. The molecule has 0 radical (unpaired) electrons. The lowest BCUT2D eigenvalue weighted by molar-refractivity contribution is -0.385. The van der Waals surface area contributed by atoms with E-state index >= 15 is 0 Å². The molecule has 0 unspecified atom stereocenters. The predicted octanol–water partition coefficient (Wildman–Crippen LogP) is 1.11. The SMILES string of the molecule is O=C(CCCn1cc([N+](=O)[O-])cn1)n1cccn1. The number of carbonyl (C=O) groups is 1. The van der Waals surface area contributed by atoms with Crippen LogP contribution in [0.4, 0.5) is 5.69 Å². The highest BCUT2D eigenvalue weighted by Crippen LogP contribution is 2.08. The number of aromatic nitrogens is 4. The van der Waals surface area contributed by atoms with Crippen molar-refractivity contribution >= 4 is 11.6 Å². The first-order chi connectivity index (χ1) is 8.66. The average Bonchev–Trinajstić information content (AvgIpc) is 3.00. The molecule has 0 saturated heterocycles. The maximum absolute atomic E-state index is 11.6. The number of aryl methyl sites for hydroxylation is 1. The molecule has 0 amide bonds. The molecule has 2 aromatic rings. The first-order valence-electron chi connectivity index (χ1n) is 5.36. The van der Waals surface area contributed by atoms with Crippen LogP contribution in [0.3, 0.4) is 0 Å². The minimum atomic E-state index is -0.502. The van der Waals surface area contributed by atoms with E-state index in [1.807, 2.05) is 0 Å². The van der Waals surface area contributed by atoms with E-state index in [0.29, 0.717) is 19.4 Å². The van der Waals surface area contributed by atoms with E-state index in [-0.39, 0.29) is 11.6 Å². The third-order valence-corrected chi connectivity index (χ3v) is 2.37. The van der Waals surface area contributed by atoms with Crippen molar-refractivity contribution in [1.82, 2.24) is 19.6 Å². The molecule has 2 heterocycles. The molecule has 0 aliphatic rings. The van der Waals surface area contributed by atoms with Gasteiger partial charge in [-0.25, -0.2) is 4.68 Å². The van der Waals surface area contributed by atoms with Crippen LogP contribution >= 0.6 is 0 Å². The third kappa shape index (κ3) is 2.78. The summed E-state index contributed by atoms with van der Waals surface area (Å²) in [5, 5.41) is 18.1. The van der Waals surface area contributed by atoms with Crippen LogP contribution in [0.15, 0.2) is 30.9 Å². The van der Waals surface area contributed by atoms with E-state index in [1.54, 1.807) is 12.3 Å². The summed E-state index contributed by atoms with van der Waals surface area (Å²) in [5.41, 5.74) is -0.0478. The van der Waals surface area contributed by atoms with E-state index in [9.17, 15) is 14.9 Å². The molecule has 0 atom stereocenters. The lowest BCUT2D eigenvalue weighted by Gasteiger charge is -2.01. The molecule has 0 fully saturated rings. The van der Waals surface area contributed by atoms with Gasteiger partial charge in [0, 0.05) is 25.4 Å². The molecule has 2 rings (SSSR count). The summed E-state index contributed by atoms with van der Waals surface area (Å²) in [4.78, 5) is 21.5. The maximum atomic E-state index is 11.6. The summed E-state index contributed by atoms with van der Waals surface area (Å²) in [7, 11) is 0. The van der Waals surface area contributed by atoms with Crippen molar-refractivity contribution in [1.29, 1.82) is 0 Å². The van der Waals surface area contributed by atoms with Crippen LogP contribution in [-0.2, 0) is 6.54 Å². The van der Waals surface area contributed by atoms with Crippen molar-refractivity contribution < 1.29 is 9.72 Å². The quantitative estimate of drug-likeness (QED) is 0.584. The first kappa shape index (κ1) is 12.0. The zero-order chi connectivity index (χ0) is 13.0. The lowest BCUT2D eigenvalue weighted by Crippen LogP contribution is -2.12. The van der Waals surface area contributed by atoms with E-state index in [2.05, 4.69) is 10.2 Å². The van der Waals surface area contributed by atoms with Crippen molar-refractivity contribution in [3.63, 3.8) is 0 Å². The van der Waals surface area contributed by atoms with Crippen molar-refractivity contribution in [3.05, 3.63) is 41.0 Å². The second-order valence-corrected chi connectivity index (χ2v) is 3.67. The fraction of sp³-hybridized carbons (Fsp3) is 0.300. The van der Waals surface area contributed by atoms with E-state index in [1.165, 1.54) is 28.0 Å². The van der Waals surface area contributed by atoms with E-state index in [0.717, 1.165) is 0 Å². The molecule has 18 heavy (non-hydrogen) atoms. The first-order valence-corrected chi connectivity index (χ1v) is 5.36. The van der Waals surface area contributed by atoms with Crippen LogP contribution in [0.25, 0.3) is 0 Å². The van der Waals surface area contributed by atoms with Crippen molar-refractivity contribution in [2.45, 2.75) is 19.4 Å². The summed E-state index contributed by atoms with van der Waals surface area (Å²) in [6.45, 7) is 0.459. The summed E-state index contributed by atoms with van der Waals surface area (Å²) in [6, 6.07) is 1.68. The molecule has 0 aliphatic heterocycles. The Balaban J connectivity index is 1.81. The van der Waals surface area contributed by atoms with Crippen LogP contribution in [0.5, 0.6) is 0 Å². The molecule has 0 saturated carbocycles. The van der Waals surface area contributed by atoms with Crippen molar-refractivity contribution in [2.75, 3.05) is 0 Å². The fourth-order valence-electron chi connectivity index (χ4n) is 1.49. The summed E-state index contributed by atoms with van der Waals surface area (Å²) < 4.78 is 2.72. The second kappa shape index (κ2) is 5.21. The Hall–Kier alpha value is -2.51. The van der Waals surface area contributed by atoms with Crippen LogP contribution in [0.1, 0.15) is 17.6 Å². The highest BCUT2D eigenvalue weighted by atomic mass is 16.6. The van der Waals surface area contributed by atoms with Crippen LogP contribution < -0.4 is 0 Å². The Morgan fingerprint density at radius 3 is 2.89 bits per heavy atom. The summed E-state index contributed by atoms with van der Waals surface area (Å²) in [5.74, 6) is -0.110. The number of carbonyl (C=O) groups excluding carboxylic acids is 1. The third-order valence-electron chi connectivity index (χ3n) is 2.37. The van der Waals surface area contributed by atoms with E-state index in [4.69, 9.17) is 0 Å².